The zero-order valence-electron chi connectivity index (χ0n) is 23.0. The van der Waals surface area contributed by atoms with E-state index in [1.165, 1.54) is 10.6 Å². The van der Waals surface area contributed by atoms with Gasteiger partial charge in [-0.2, -0.15) is 0 Å². The Balaban J connectivity index is 1.77. The van der Waals surface area contributed by atoms with Gasteiger partial charge in [-0.25, -0.2) is 8.42 Å². The number of amides is 2. The second kappa shape index (κ2) is 13.6. The molecule has 0 unspecified atom stereocenters. The first-order valence-electron chi connectivity index (χ1n) is 13.4. The number of hydrogen-bond donors (Lipinski definition) is 1. The zero-order valence-corrected chi connectivity index (χ0v) is 23.8. The third-order valence-corrected chi connectivity index (χ3v) is 8.21. The smallest absolute Gasteiger partial charge is 0.243 e. The number of methoxy groups -OCH3 is 1. The lowest BCUT2D eigenvalue weighted by atomic mass is 10.1. The molecule has 0 heterocycles. The van der Waals surface area contributed by atoms with Gasteiger partial charge >= 0.3 is 0 Å². The molecule has 0 spiro atoms. The number of aryl methyl sites for hydroxylation is 1. The van der Waals surface area contributed by atoms with E-state index in [1.54, 1.807) is 18.1 Å². The molecule has 0 bridgehead atoms. The average molecular weight is 544 g/mol. The highest BCUT2D eigenvalue weighted by atomic mass is 32.2. The SMILES string of the molecule is CC[C@H](C(=O)NC1CCCC1)N(Cc1cccc(OC)c1)C(=O)CCCN(c1cccc(C)c1)S(C)(=O)=O. The molecular weight excluding hydrogens is 502 g/mol. The zero-order chi connectivity index (χ0) is 27.7. The lowest BCUT2D eigenvalue weighted by molar-refractivity contribution is -0.141. The van der Waals surface area contributed by atoms with Crippen LogP contribution in [-0.4, -0.2) is 57.1 Å². The Morgan fingerprint density at radius 2 is 1.82 bits per heavy atom. The molecule has 38 heavy (non-hydrogen) atoms. The van der Waals surface area contributed by atoms with Gasteiger partial charge in [0.2, 0.25) is 21.8 Å². The number of hydrogen-bond acceptors (Lipinski definition) is 5. The van der Waals surface area contributed by atoms with Gasteiger partial charge in [-0.05, 0) is 68.0 Å². The van der Waals surface area contributed by atoms with Crippen LogP contribution in [0, 0.1) is 6.92 Å². The Morgan fingerprint density at radius 1 is 1.11 bits per heavy atom. The van der Waals surface area contributed by atoms with Crippen molar-refractivity contribution in [3.8, 4) is 5.75 Å². The summed E-state index contributed by atoms with van der Waals surface area (Å²) in [6.45, 7) is 4.26. The maximum Gasteiger partial charge on any atom is 0.243 e. The number of ether oxygens (including phenoxy) is 1. The molecule has 0 aromatic heterocycles. The molecule has 3 rings (SSSR count). The van der Waals surface area contributed by atoms with Gasteiger partial charge in [-0.3, -0.25) is 13.9 Å². The molecule has 2 aromatic carbocycles. The first-order chi connectivity index (χ1) is 18.1. The number of benzene rings is 2. The summed E-state index contributed by atoms with van der Waals surface area (Å²) >= 11 is 0. The van der Waals surface area contributed by atoms with Gasteiger partial charge in [-0.1, -0.05) is 44.0 Å². The van der Waals surface area contributed by atoms with Crippen molar-refractivity contribution < 1.29 is 22.7 Å². The van der Waals surface area contributed by atoms with E-state index in [1.807, 2.05) is 56.3 Å². The van der Waals surface area contributed by atoms with E-state index in [-0.39, 0.29) is 37.4 Å². The first-order valence-corrected chi connectivity index (χ1v) is 15.2. The Bertz CT molecular complexity index is 1190. The molecule has 1 aliphatic rings. The molecule has 2 aromatic rings. The van der Waals surface area contributed by atoms with Crippen molar-refractivity contribution in [2.75, 3.05) is 24.2 Å². The number of rotatable bonds is 13. The minimum atomic E-state index is -3.53. The second-order valence-corrected chi connectivity index (χ2v) is 12.0. The van der Waals surface area contributed by atoms with Crippen molar-refractivity contribution in [3.05, 3.63) is 59.7 Å². The molecule has 1 aliphatic carbocycles. The van der Waals surface area contributed by atoms with Gasteiger partial charge in [0.05, 0.1) is 19.1 Å². The summed E-state index contributed by atoms with van der Waals surface area (Å²) < 4.78 is 31.7. The van der Waals surface area contributed by atoms with Crippen molar-refractivity contribution in [1.29, 1.82) is 0 Å². The van der Waals surface area contributed by atoms with Crippen LogP contribution in [0.2, 0.25) is 0 Å². The van der Waals surface area contributed by atoms with Gasteiger partial charge in [0.1, 0.15) is 11.8 Å². The molecule has 2 amide bonds. The van der Waals surface area contributed by atoms with Crippen LogP contribution in [0.1, 0.15) is 63.0 Å². The summed E-state index contributed by atoms with van der Waals surface area (Å²) in [7, 11) is -1.94. The van der Waals surface area contributed by atoms with Crippen LogP contribution in [0.25, 0.3) is 0 Å². The maximum atomic E-state index is 13.6. The van der Waals surface area contributed by atoms with Crippen LogP contribution >= 0.6 is 0 Å². The van der Waals surface area contributed by atoms with Crippen molar-refractivity contribution in [1.82, 2.24) is 10.2 Å². The van der Waals surface area contributed by atoms with Gasteiger partial charge in [-0.15, -0.1) is 0 Å². The number of anilines is 1. The minimum Gasteiger partial charge on any atom is -0.497 e. The Morgan fingerprint density at radius 3 is 2.45 bits per heavy atom. The predicted octanol–water partition coefficient (Wildman–Crippen LogP) is 4.42. The summed E-state index contributed by atoms with van der Waals surface area (Å²) in [6.07, 6.45) is 6.24. The van der Waals surface area contributed by atoms with Crippen molar-refractivity contribution in [2.24, 2.45) is 0 Å². The van der Waals surface area contributed by atoms with Crippen LogP contribution in [0.5, 0.6) is 5.75 Å². The second-order valence-electron chi connectivity index (χ2n) is 10.1. The quantitative estimate of drug-likeness (QED) is 0.404. The number of nitrogens with zero attached hydrogens (tertiary/aromatic N) is 2. The van der Waals surface area contributed by atoms with E-state index >= 15 is 0 Å². The van der Waals surface area contributed by atoms with Gasteiger partial charge in [0, 0.05) is 25.6 Å². The summed E-state index contributed by atoms with van der Waals surface area (Å²) in [6, 6.07) is 14.3. The van der Waals surface area contributed by atoms with E-state index < -0.39 is 16.1 Å². The summed E-state index contributed by atoms with van der Waals surface area (Å²) in [5.41, 5.74) is 2.40. The molecule has 1 N–H and O–H groups in total. The Hall–Kier alpha value is -3.07. The number of carbonyl (C=O) groups excluding carboxylic acids is 2. The molecule has 0 aliphatic heterocycles. The number of carbonyl (C=O) groups is 2. The monoisotopic (exact) mass is 543 g/mol. The third-order valence-electron chi connectivity index (χ3n) is 7.02. The van der Waals surface area contributed by atoms with Gasteiger partial charge in [0.25, 0.3) is 0 Å². The van der Waals surface area contributed by atoms with Crippen LogP contribution in [0.15, 0.2) is 48.5 Å². The molecule has 9 heteroatoms. The fourth-order valence-electron chi connectivity index (χ4n) is 5.04. The Kier molecular flexibility index (Phi) is 10.6. The van der Waals surface area contributed by atoms with Crippen molar-refractivity contribution >= 4 is 27.5 Å². The average Bonchev–Trinajstić information content (AvgIpc) is 3.38. The molecular formula is C29H41N3O5S. The maximum absolute atomic E-state index is 13.6. The van der Waals surface area contributed by atoms with Gasteiger partial charge < -0.3 is 15.0 Å². The van der Waals surface area contributed by atoms with Crippen LogP contribution in [0.3, 0.4) is 0 Å². The van der Waals surface area contributed by atoms with Crippen LogP contribution in [0.4, 0.5) is 5.69 Å². The molecule has 8 nitrogen and oxygen atoms in total. The predicted molar refractivity (Wildman–Crippen MR) is 151 cm³/mol. The lowest BCUT2D eigenvalue weighted by Gasteiger charge is -2.32. The highest BCUT2D eigenvalue weighted by Crippen LogP contribution is 2.23. The van der Waals surface area contributed by atoms with E-state index in [0.29, 0.717) is 24.3 Å². The normalized spacial score (nSPS) is 14.6. The van der Waals surface area contributed by atoms with E-state index in [4.69, 9.17) is 4.74 Å². The lowest BCUT2D eigenvalue weighted by Crippen LogP contribution is -2.51. The molecule has 0 saturated heterocycles. The molecule has 1 saturated carbocycles. The van der Waals surface area contributed by atoms with Gasteiger partial charge in [0.15, 0.2) is 0 Å². The number of nitrogens with one attached hydrogen (secondary N) is 1. The fraction of sp³-hybridized carbons (Fsp3) is 0.517. The standard InChI is InChI=1S/C29H41N3O5S/c1-5-27(29(34)30-24-13-6-7-14-24)31(21-23-12-9-16-26(20-23)37-3)28(33)17-10-18-32(38(4,35)36)25-15-8-11-22(2)19-25/h8-9,11-12,15-16,19-20,24,27H,5-7,10,13-14,17-18,21H2,1-4H3,(H,30,34)/t27-/m1/s1. The van der Waals surface area contributed by atoms with Crippen molar-refractivity contribution in [2.45, 2.75) is 77.4 Å². The molecule has 208 valence electrons. The first kappa shape index (κ1) is 29.5. The summed E-state index contributed by atoms with van der Waals surface area (Å²) in [4.78, 5) is 28.6. The van der Waals surface area contributed by atoms with Crippen LogP contribution in [-0.2, 0) is 26.2 Å². The van der Waals surface area contributed by atoms with E-state index in [9.17, 15) is 18.0 Å². The van der Waals surface area contributed by atoms with Crippen LogP contribution < -0.4 is 14.4 Å². The largest absolute Gasteiger partial charge is 0.497 e. The summed E-state index contributed by atoms with van der Waals surface area (Å²) in [5.74, 6) is 0.368. The molecule has 1 atom stereocenters. The highest BCUT2D eigenvalue weighted by molar-refractivity contribution is 7.92. The highest BCUT2D eigenvalue weighted by Gasteiger charge is 2.30. The van der Waals surface area contributed by atoms with E-state index in [2.05, 4.69) is 5.32 Å². The number of sulfonamides is 1. The molecule has 1 fully saturated rings. The Labute approximate surface area is 227 Å². The minimum absolute atomic E-state index is 0.120. The third kappa shape index (κ3) is 8.21. The van der Waals surface area contributed by atoms with Crippen molar-refractivity contribution in [3.63, 3.8) is 0 Å². The summed E-state index contributed by atoms with van der Waals surface area (Å²) in [5, 5.41) is 3.15. The topological polar surface area (TPSA) is 96.0 Å². The fourth-order valence-corrected chi connectivity index (χ4v) is 6.00. The van der Waals surface area contributed by atoms with E-state index in [0.717, 1.165) is 36.8 Å². The molecule has 0 radical (unpaired) electrons.